The Hall–Kier alpha value is -0.370. The van der Waals surface area contributed by atoms with Crippen molar-refractivity contribution in [1.29, 1.82) is 0 Å². The van der Waals surface area contributed by atoms with Crippen LogP contribution < -0.4 is 5.73 Å². The second-order valence-corrected chi connectivity index (χ2v) is 3.60. The van der Waals surface area contributed by atoms with Crippen molar-refractivity contribution in [3.63, 3.8) is 0 Å². The second-order valence-electron chi connectivity index (χ2n) is 3.60. The van der Waals surface area contributed by atoms with Crippen molar-refractivity contribution >= 4 is 5.78 Å². The number of carbonyl (C=O) groups excluding carboxylic acids is 1. The van der Waals surface area contributed by atoms with E-state index in [0.29, 0.717) is 12.3 Å². The molecule has 0 spiro atoms. The van der Waals surface area contributed by atoms with Gasteiger partial charge < -0.3 is 5.73 Å². The monoisotopic (exact) mass is 155 g/mol. The lowest BCUT2D eigenvalue weighted by atomic mass is 9.71. The van der Waals surface area contributed by atoms with Gasteiger partial charge in [0.2, 0.25) is 0 Å². The summed E-state index contributed by atoms with van der Waals surface area (Å²) in [6, 6.07) is 0. The van der Waals surface area contributed by atoms with Crippen molar-refractivity contribution < 1.29 is 4.79 Å². The number of nitrogens with two attached hydrogens (primary N) is 1. The summed E-state index contributed by atoms with van der Waals surface area (Å²) in [6.45, 7) is 2.22. The normalized spacial score (nSPS) is 23.1. The van der Waals surface area contributed by atoms with Crippen molar-refractivity contribution in [2.24, 2.45) is 11.1 Å². The zero-order chi connectivity index (χ0) is 8.32. The van der Waals surface area contributed by atoms with Crippen LogP contribution in [0.25, 0.3) is 0 Å². The van der Waals surface area contributed by atoms with Gasteiger partial charge in [0.25, 0.3) is 0 Å². The van der Waals surface area contributed by atoms with Crippen LogP contribution >= 0.6 is 0 Å². The Morgan fingerprint density at radius 2 is 1.91 bits per heavy atom. The van der Waals surface area contributed by atoms with Gasteiger partial charge in [-0.3, -0.25) is 4.79 Å². The van der Waals surface area contributed by atoms with Gasteiger partial charge in [-0.15, -0.1) is 0 Å². The summed E-state index contributed by atoms with van der Waals surface area (Å²) >= 11 is 0. The summed E-state index contributed by atoms with van der Waals surface area (Å²) in [5.41, 5.74) is 5.48. The summed E-state index contributed by atoms with van der Waals surface area (Å²) in [5.74, 6) is 0.291. The predicted molar refractivity (Wildman–Crippen MR) is 45.3 cm³/mol. The lowest BCUT2D eigenvalue weighted by Gasteiger charge is -2.33. The number of carbonyl (C=O) groups is 1. The van der Waals surface area contributed by atoms with Crippen LogP contribution in [0.3, 0.4) is 0 Å². The number of Topliss-reactive ketones (excluding diaryl/α,β-unsaturated/α-hetero) is 1. The Balaban J connectivity index is 2.64. The molecule has 0 aromatic carbocycles. The van der Waals surface area contributed by atoms with Crippen molar-refractivity contribution in [2.45, 2.75) is 39.0 Å². The zero-order valence-electron chi connectivity index (χ0n) is 7.23. The van der Waals surface area contributed by atoms with E-state index >= 15 is 0 Å². The Morgan fingerprint density at radius 3 is 2.18 bits per heavy atom. The molecule has 64 valence electrons. The number of hydrogen-bond donors (Lipinski definition) is 1. The summed E-state index contributed by atoms with van der Waals surface area (Å²) in [6.07, 6.45) is 5.65. The van der Waals surface area contributed by atoms with Gasteiger partial charge in [-0.25, -0.2) is 0 Å². The number of hydrogen-bond acceptors (Lipinski definition) is 2. The van der Waals surface area contributed by atoms with Crippen LogP contribution in [0, 0.1) is 5.41 Å². The molecule has 0 amide bonds. The first-order valence-electron chi connectivity index (χ1n) is 4.42. The highest BCUT2D eigenvalue weighted by atomic mass is 16.1. The molecule has 0 radical (unpaired) electrons. The zero-order valence-corrected chi connectivity index (χ0v) is 7.23. The van der Waals surface area contributed by atoms with Crippen LogP contribution in [0.4, 0.5) is 0 Å². The maximum absolute atomic E-state index is 11.3. The third-order valence-corrected chi connectivity index (χ3v) is 2.95. The van der Waals surface area contributed by atoms with Gasteiger partial charge in [-0.2, -0.15) is 0 Å². The van der Waals surface area contributed by atoms with Gasteiger partial charge in [-0.1, -0.05) is 19.3 Å². The van der Waals surface area contributed by atoms with Crippen molar-refractivity contribution in [3.05, 3.63) is 0 Å². The van der Waals surface area contributed by atoms with Gasteiger partial charge in [0.05, 0.1) is 0 Å². The molecule has 0 aliphatic heterocycles. The van der Waals surface area contributed by atoms with E-state index in [0.717, 1.165) is 12.8 Å². The van der Waals surface area contributed by atoms with E-state index in [9.17, 15) is 4.79 Å². The van der Waals surface area contributed by atoms with E-state index < -0.39 is 0 Å². The molecule has 1 rings (SSSR count). The number of ketones is 1. The Kier molecular flexibility index (Phi) is 2.66. The van der Waals surface area contributed by atoms with Crippen molar-refractivity contribution in [3.8, 4) is 0 Å². The first kappa shape index (κ1) is 8.72. The van der Waals surface area contributed by atoms with E-state index in [-0.39, 0.29) is 5.41 Å². The fourth-order valence-corrected chi connectivity index (χ4v) is 1.93. The first-order chi connectivity index (χ1) is 5.21. The predicted octanol–water partition coefficient (Wildman–Crippen LogP) is 1.48. The highest BCUT2D eigenvalue weighted by molar-refractivity contribution is 5.82. The summed E-state index contributed by atoms with van der Waals surface area (Å²) in [7, 11) is 0. The molecule has 1 aliphatic carbocycles. The highest BCUT2D eigenvalue weighted by Gasteiger charge is 2.34. The van der Waals surface area contributed by atoms with Crippen LogP contribution in [-0.2, 0) is 4.79 Å². The van der Waals surface area contributed by atoms with E-state index in [2.05, 4.69) is 0 Å². The number of rotatable bonds is 2. The molecule has 1 aliphatic rings. The summed E-state index contributed by atoms with van der Waals surface area (Å²) in [5, 5.41) is 0. The van der Waals surface area contributed by atoms with Gasteiger partial charge >= 0.3 is 0 Å². The molecule has 0 atom stereocenters. The van der Waals surface area contributed by atoms with Crippen LogP contribution in [0.2, 0.25) is 0 Å². The molecule has 0 heterocycles. The highest BCUT2D eigenvalue weighted by Crippen LogP contribution is 2.35. The Labute approximate surface area is 68.2 Å². The van der Waals surface area contributed by atoms with E-state index in [1.165, 1.54) is 19.3 Å². The van der Waals surface area contributed by atoms with Gasteiger partial charge in [-0.05, 0) is 19.8 Å². The second kappa shape index (κ2) is 3.35. The lowest BCUT2D eigenvalue weighted by Crippen LogP contribution is -2.38. The van der Waals surface area contributed by atoms with E-state index in [1.807, 2.05) is 0 Å². The van der Waals surface area contributed by atoms with Crippen LogP contribution in [0.5, 0.6) is 0 Å². The molecule has 2 heteroatoms. The summed E-state index contributed by atoms with van der Waals surface area (Å²) in [4.78, 5) is 11.3. The average Bonchev–Trinajstić information content (AvgIpc) is 2.05. The Bertz CT molecular complexity index is 148. The largest absolute Gasteiger partial charge is 0.329 e. The third kappa shape index (κ3) is 1.62. The molecule has 2 nitrogen and oxygen atoms in total. The SMILES string of the molecule is CC(=O)C1(CN)CCCCC1. The molecule has 1 saturated carbocycles. The summed E-state index contributed by atoms with van der Waals surface area (Å²) < 4.78 is 0. The molecule has 0 aromatic rings. The molecule has 2 N–H and O–H groups in total. The van der Waals surface area contributed by atoms with E-state index in [4.69, 9.17) is 5.73 Å². The van der Waals surface area contributed by atoms with Gasteiger partial charge in [0, 0.05) is 12.0 Å². The maximum Gasteiger partial charge on any atom is 0.137 e. The van der Waals surface area contributed by atoms with Crippen molar-refractivity contribution in [2.75, 3.05) is 6.54 Å². The lowest BCUT2D eigenvalue weighted by molar-refractivity contribution is -0.127. The fourth-order valence-electron chi connectivity index (χ4n) is 1.93. The van der Waals surface area contributed by atoms with Gasteiger partial charge in [0.15, 0.2) is 0 Å². The standard InChI is InChI=1S/C9H17NO/c1-8(11)9(7-10)5-3-2-4-6-9/h2-7,10H2,1H3. The minimum atomic E-state index is -0.141. The Morgan fingerprint density at radius 1 is 1.36 bits per heavy atom. The van der Waals surface area contributed by atoms with Crippen LogP contribution in [0.15, 0.2) is 0 Å². The molecule has 0 bridgehead atoms. The van der Waals surface area contributed by atoms with E-state index in [1.54, 1.807) is 6.92 Å². The van der Waals surface area contributed by atoms with Crippen LogP contribution in [0.1, 0.15) is 39.0 Å². The minimum Gasteiger partial charge on any atom is -0.329 e. The average molecular weight is 155 g/mol. The molecular formula is C9H17NO. The minimum absolute atomic E-state index is 0.141. The smallest absolute Gasteiger partial charge is 0.137 e. The first-order valence-corrected chi connectivity index (χ1v) is 4.42. The van der Waals surface area contributed by atoms with Crippen molar-refractivity contribution in [1.82, 2.24) is 0 Å². The quantitative estimate of drug-likeness (QED) is 0.656. The van der Waals surface area contributed by atoms with Gasteiger partial charge in [0.1, 0.15) is 5.78 Å². The molecular weight excluding hydrogens is 138 g/mol. The molecule has 0 unspecified atom stereocenters. The van der Waals surface area contributed by atoms with Crippen LogP contribution in [-0.4, -0.2) is 12.3 Å². The maximum atomic E-state index is 11.3. The topological polar surface area (TPSA) is 43.1 Å². The molecule has 0 saturated heterocycles. The molecule has 11 heavy (non-hydrogen) atoms. The fraction of sp³-hybridized carbons (Fsp3) is 0.889. The molecule has 0 aromatic heterocycles. The molecule has 1 fully saturated rings. The third-order valence-electron chi connectivity index (χ3n) is 2.95.